The highest BCUT2D eigenvalue weighted by Gasteiger charge is 2.39. The molecule has 0 spiro atoms. The number of ether oxygens (including phenoxy) is 2. The van der Waals surface area contributed by atoms with Gasteiger partial charge < -0.3 is 19.3 Å². The highest BCUT2D eigenvalue weighted by atomic mass is 16.5. The molecule has 4 saturated heterocycles. The number of likely N-dealkylation sites (tertiary alicyclic amines) is 2. The minimum Gasteiger partial charge on any atom is -0.492 e. The Morgan fingerprint density at radius 1 is 0.909 bits per heavy atom. The molecule has 5 aliphatic heterocycles. The van der Waals surface area contributed by atoms with Gasteiger partial charge in [-0.25, -0.2) is 0 Å². The predicted octanol–water partition coefficient (Wildman–Crippen LogP) is 3.71. The molecule has 44 heavy (non-hydrogen) atoms. The van der Waals surface area contributed by atoms with E-state index >= 15 is 0 Å². The zero-order valence-corrected chi connectivity index (χ0v) is 25.5. The van der Waals surface area contributed by atoms with Gasteiger partial charge in [-0.3, -0.25) is 24.6 Å². The number of imide groups is 1. The second kappa shape index (κ2) is 13.0. The molecule has 5 aliphatic rings. The van der Waals surface area contributed by atoms with Crippen molar-refractivity contribution in [3.8, 4) is 5.75 Å². The summed E-state index contributed by atoms with van der Waals surface area (Å²) < 4.78 is 11.7. The zero-order chi connectivity index (χ0) is 30.0. The number of amides is 3. The van der Waals surface area contributed by atoms with Gasteiger partial charge in [0.1, 0.15) is 18.4 Å². The maximum atomic E-state index is 13.0. The van der Waals surface area contributed by atoms with Crippen LogP contribution in [0.4, 0.5) is 0 Å². The summed E-state index contributed by atoms with van der Waals surface area (Å²) in [5.74, 6) is 1.34. The number of carbonyl (C=O) groups is 3. The standard InChI is InChI=1S/C35H44N4O5/c40-33-11-10-32(34(41)36-33)39-20-28-17-30(8-9-31(28)35(39)42)44-23-29-3-1-2-14-38(29)19-24-4-6-26(7-5-24)27-12-15-37(16-13-27)18-25-21-43-22-25/h4-9,17,25,27,29,32H,1-3,10-16,18-23H2,(H,36,40,41)/t29-,32?/m1/s1. The van der Waals surface area contributed by atoms with E-state index in [2.05, 4.69) is 39.4 Å². The molecule has 3 amide bonds. The van der Waals surface area contributed by atoms with Crippen molar-refractivity contribution in [3.05, 3.63) is 64.7 Å². The smallest absolute Gasteiger partial charge is 0.255 e. The van der Waals surface area contributed by atoms with Crippen LogP contribution in [-0.2, 0) is 27.4 Å². The summed E-state index contributed by atoms with van der Waals surface area (Å²) in [6, 6.07) is 14.7. The number of nitrogens with one attached hydrogen (secondary N) is 1. The summed E-state index contributed by atoms with van der Waals surface area (Å²) in [6.07, 6.45) is 6.62. The van der Waals surface area contributed by atoms with Crippen LogP contribution in [0.2, 0.25) is 0 Å². The number of nitrogens with zero attached hydrogens (tertiary/aromatic N) is 3. The summed E-state index contributed by atoms with van der Waals surface area (Å²) in [4.78, 5) is 43.7. The molecule has 1 N–H and O–H groups in total. The number of hydrogen-bond donors (Lipinski definition) is 1. The van der Waals surface area contributed by atoms with E-state index in [1.165, 1.54) is 56.4 Å². The number of benzene rings is 2. The Hall–Kier alpha value is -3.27. The van der Waals surface area contributed by atoms with E-state index < -0.39 is 6.04 Å². The fraction of sp³-hybridized carbons (Fsp3) is 0.571. The van der Waals surface area contributed by atoms with E-state index in [9.17, 15) is 14.4 Å². The lowest BCUT2D eigenvalue weighted by molar-refractivity contribution is -0.136. The van der Waals surface area contributed by atoms with Crippen LogP contribution in [0.3, 0.4) is 0 Å². The summed E-state index contributed by atoms with van der Waals surface area (Å²) in [7, 11) is 0. The van der Waals surface area contributed by atoms with Crippen LogP contribution in [-0.4, -0.2) is 90.5 Å². The first-order valence-electron chi connectivity index (χ1n) is 16.5. The van der Waals surface area contributed by atoms with Crippen LogP contribution in [0.15, 0.2) is 42.5 Å². The first-order valence-corrected chi connectivity index (χ1v) is 16.5. The number of rotatable bonds is 9. The fourth-order valence-corrected chi connectivity index (χ4v) is 7.62. The largest absolute Gasteiger partial charge is 0.492 e. The maximum absolute atomic E-state index is 13.0. The number of hydrogen-bond acceptors (Lipinski definition) is 7. The van der Waals surface area contributed by atoms with Crippen molar-refractivity contribution < 1.29 is 23.9 Å². The third-order valence-electron chi connectivity index (χ3n) is 10.3. The van der Waals surface area contributed by atoms with E-state index in [1.807, 2.05) is 18.2 Å². The summed E-state index contributed by atoms with van der Waals surface area (Å²) in [5.41, 5.74) is 4.31. The van der Waals surface area contributed by atoms with Gasteiger partial charge in [0.15, 0.2) is 0 Å². The average Bonchev–Trinajstić information content (AvgIpc) is 3.34. The van der Waals surface area contributed by atoms with Crippen LogP contribution >= 0.6 is 0 Å². The van der Waals surface area contributed by atoms with Crippen molar-refractivity contribution in [2.75, 3.05) is 46.0 Å². The van der Waals surface area contributed by atoms with E-state index in [0.717, 1.165) is 50.0 Å². The molecular weight excluding hydrogens is 556 g/mol. The molecule has 0 aliphatic carbocycles. The second-order valence-corrected chi connectivity index (χ2v) is 13.4. The Balaban J connectivity index is 0.917. The molecular formula is C35H44N4O5. The van der Waals surface area contributed by atoms with E-state index in [1.54, 1.807) is 4.90 Å². The average molecular weight is 601 g/mol. The predicted molar refractivity (Wildman–Crippen MR) is 165 cm³/mol. The first kappa shape index (κ1) is 29.4. The lowest BCUT2D eigenvalue weighted by Gasteiger charge is -2.37. The van der Waals surface area contributed by atoms with Gasteiger partial charge in [0.25, 0.3) is 5.91 Å². The second-order valence-electron chi connectivity index (χ2n) is 13.4. The molecule has 9 nitrogen and oxygen atoms in total. The van der Waals surface area contributed by atoms with Crippen LogP contribution in [0.1, 0.15) is 77.9 Å². The highest BCUT2D eigenvalue weighted by Crippen LogP contribution is 2.32. The molecule has 2 aromatic carbocycles. The van der Waals surface area contributed by atoms with Crippen molar-refractivity contribution in [2.45, 2.75) is 76.0 Å². The van der Waals surface area contributed by atoms with Gasteiger partial charge in [-0.15, -0.1) is 0 Å². The van der Waals surface area contributed by atoms with Crippen molar-refractivity contribution in [1.82, 2.24) is 20.0 Å². The minimum atomic E-state index is -0.604. The third-order valence-corrected chi connectivity index (χ3v) is 10.3. The normalized spacial score (nSPS) is 25.5. The van der Waals surface area contributed by atoms with Crippen LogP contribution in [0, 0.1) is 5.92 Å². The number of piperidine rings is 3. The van der Waals surface area contributed by atoms with Crippen molar-refractivity contribution in [2.24, 2.45) is 5.92 Å². The van der Waals surface area contributed by atoms with Crippen LogP contribution in [0.25, 0.3) is 0 Å². The van der Waals surface area contributed by atoms with E-state index in [0.29, 0.717) is 37.1 Å². The molecule has 0 saturated carbocycles. The van der Waals surface area contributed by atoms with Crippen LogP contribution in [0.5, 0.6) is 5.75 Å². The molecule has 1 unspecified atom stereocenters. The van der Waals surface area contributed by atoms with Crippen molar-refractivity contribution in [1.29, 1.82) is 0 Å². The minimum absolute atomic E-state index is 0.157. The molecule has 7 rings (SSSR count). The molecule has 5 heterocycles. The summed E-state index contributed by atoms with van der Waals surface area (Å²) in [6.45, 7) is 8.42. The van der Waals surface area contributed by atoms with Crippen molar-refractivity contribution >= 4 is 17.7 Å². The maximum Gasteiger partial charge on any atom is 0.255 e. The van der Waals surface area contributed by atoms with E-state index in [-0.39, 0.29) is 24.1 Å². The lowest BCUT2D eigenvalue weighted by atomic mass is 9.88. The Kier molecular flexibility index (Phi) is 8.69. The van der Waals surface area contributed by atoms with Gasteiger partial charge in [0.05, 0.1) is 13.2 Å². The third kappa shape index (κ3) is 6.41. The van der Waals surface area contributed by atoms with Gasteiger partial charge in [-0.05, 0) is 92.5 Å². The first-order chi connectivity index (χ1) is 21.5. The fourth-order valence-electron chi connectivity index (χ4n) is 7.62. The molecule has 9 heteroatoms. The Morgan fingerprint density at radius 2 is 1.73 bits per heavy atom. The molecule has 0 radical (unpaired) electrons. The molecule has 2 aromatic rings. The monoisotopic (exact) mass is 600 g/mol. The van der Waals surface area contributed by atoms with Crippen molar-refractivity contribution in [3.63, 3.8) is 0 Å². The van der Waals surface area contributed by atoms with Gasteiger partial charge >= 0.3 is 0 Å². The van der Waals surface area contributed by atoms with Gasteiger partial charge in [-0.1, -0.05) is 30.7 Å². The summed E-state index contributed by atoms with van der Waals surface area (Å²) >= 11 is 0. The number of carbonyl (C=O) groups excluding carboxylic acids is 3. The quantitative estimate of drug-likeness (QED) is 0.439. The number of fused-ring (bicyclic) bond motifs is 1. The summed E-state index contributed by atoms with van der Waals surface area (Å²) in [5, 5.41) is 2.36. The Bertz CT molecular complexity index is 1370. The molecule has 0 bridgehead atoms. The topological polar surface area (TPSA) is 91.4 Å². The molecule has 4 fully saturated rings. The molecule has 0 aromatic heterocycles. The zero-order valence-electron chi connectivity index (χ0n) is 25.5. The molecule has 234 valence electrons. The van der Waals surface area contributed by atoms with Gasteiger partial charge in [-0.2, -0.15) is 0 Å². The lowest BCUT2D eigenvalue weighted by Crippen LogP contribution is -2.52. The van der Waals surface area contributed by atoms with Gasteiger partial charge in [0, 0.05) is 43.6 Å². The van der Waals surface area contributed by atoms with Gasteiger partial charge in [0.2, 0.25) is 11.8 Å². The Labute approximate surface area is 259 Å². The highest BCUT2D eigenvalue weighted by molar-refractivity contribution is 6.05. The Morgan fingerprint density at radius 3 is 2.48 bits per heavy atom. The van der Waals surface area contributed by atoms with Crippen LogP contribution < -0.4 is 10.1 Å². The SMILES string of the molecule is O=C1CCC(N2Cc3cc(OC[C@H]4CCCCN4Cc4ccc(C5CCN(CC6COC6)CC5)cc4)ccc3C2=O)C(=O)N1. The molecule has 2 atom stereocenters. The van der Waals surface area contributed by atoms with E-state index in [4.69, 9.17) is 9.47 Å².